The lowest BCUT2D eigenvalue weighted by atomic mass is 9.95. The monoisotopic (exact) mass is 403 g/mol. The van der Waals surface area contributed by atoms with Crippen LogP contribution in [-0.2, 0) is 21.2 Å². The number of rotatable bonds is 4. The maximum absolute atomic E-state index is 12.7. The average molecular weight is 404 g/mol. The van der Waals surface area contributed by atoms with Gasteiger partial charge in [-0.1, -0.05) is 31.2 Å². The number of hydrogen-bond donors (Lipinski definition) is 1. The van der Waals surface area contributed by atoms with Gasteiger partial charge in [-0.05, 0) is 51.2 Å². The zero-order valence-corrected chi connectivity index (χ0v) is 17.8. The molecule has 6 nitrogen and oxygen atoms in total. The van der Waals surface area contributed by atoms with Gasteiger partial charge in [-0.2, -0.15) is 8.42 Å². The largest absolute Gasteiger partial charge is 0.356 e. The summed E-state index contributed by atoms with van der Waals surface area (Å²) in [7, 11) is -3.71. The molecule has 152 valence electrons. The van der Waals surface area contributed by atoms with Gasteiger partial charge in [0.05, 0.1) is 0 Å². The van der Waals surface area contributed by atoms with Crippen molar-refractivity contribution in [2.24, 2.45) is 10.3 Å². The molecule has 0 spiro atoms. The van der Waals surface area contributed by atoms with Crippen LogP contribution >= 0.6 is 0 Å². The van der Waals surface area contributed by atoms with Gasteiger partial charge in [-0.25, -0.2) is 0 Å². The van der Waals surface area contributed by atoms with E-state index in [1.54, 1.807) is 0 Å². The lowest BCUT2D eigenvalue weighted by Crippen LogP contribution is -2.44. The van der Waals surface area contributed by atoms with Gasteiger partial charge >= 0.3 is 0 Å². The van der Waals surface area contributed by atoms with Crippen molar-refractivity contribution in [1.82, 2.24) is 10.2 Å². The van der Waals surface area contributed by atoms with Crippen molar-refractivity contribution in [3.63, 3.8) is 0 Å². The molecular weight excluding hydrogens is 374 g/mol. The van der Waals surface area contributed by atoms with E-state index in [9.17, 15) is 13.2 Å². The quantitative estimate of drug-likeness (QED) is 0.838. The Bertz CT molecular complexity index is 907. The van der Waals surface area contributed by atoms with Crippen molar-refractivity contribution in [2.75, 3.05) is 13.1 Å². The van der Waals surface area contributed by atoms with Gasteiger partial charge in [0.2, 0.25) is 5.91 Å². The maximum atomic E-state index is 12.7. The molecule has 2 heterocycles. The highest BCUT2D eigenvalue weighted by molar-refractivity contribution is 8.00. The first-order valence-electron chi connectivity index (χ1n) is 9.93. The Kier molecular flexibility index (Phi) is 5.93. The maximum Gasteiger partial charge on any atom is 0.285 e. The summed E-state index contributed by atoms with van der Waals surface area (Å²) in [5.41, 5.74) is 2.54. The number of amidine groups is 1. The molecule has 7 heteroatoms. The van der Waals surface area contributed by atoms with Crippen LogP contribution in [0.3, 0.4) is 0 Å². The van der Waals surface area contributed by atoms with Crippen molar-refractivity contribution in [3.05, 3.63) is 41.0 Å². The van der Waals surface area contributed by atoms with E-state index in [0.717, 1.165) is 6.42 Å². The van der Waals surface area contributed by atoms with Crippen molar-refractivity contribution in [2.45, 2.75) is 53.0 Å². The molecule has 1 fully saturated rings. The highest BCUT2D eigenvalue weighted by atomic mass is 32.2. The summed E-state index contributed by atoms with van der Waals surface area (Å²) in [6.07, 6.45) is 2.31. The van der Waals surface area contributed by atoms with Crippen LogP contribution in [0.1, 0.15) is 51.7 Å². The normalized spacial score (nSPS) is 19.9. The minimum atomic E-state index is -3.71. The molecule has 3 rings (SSSR count). The SMILES string of the molecule is CCc1ccc(C2=C(C)C(N3CCC(C(=O)NC(C)C)CC3)=NS2(=O)=O)cc1. The molecule has 2 aliphatic heterocycles. The molecule has 0 atom stereocenters. The molecular formula is C21H29N3O3S. The Hall–Kier alpha value is -2.15. The van der Waals surface area contributed by atoms with Crippen molar-refractivity contribution < 1.29 is 13.2 Å². The topological polar surface area (TPSA) is 78.8 Å². The van der Waals surface area contributed by atoms with Crippen LogP contribution in [0.15, 0.2) is 34.2 Å². The van der Waals surface area contributed by atoms with E-state index in [-0.39, 0.29) is 17.9 Å². The molecule has 0 unspecified atom stereocenters. The Labute approximate surface area is 167 Å². The van der Waals surface area contributed by atoms with Crippen molar-refractivity contribution >= 4 is 26.7 Å². The Morgan fingerprint density at radius 1 is 1.21 bits per heavy atom. The third kappa shape index (κ3) is 4.14. The molecule has 1 aromatic rings. The average Bonchev–Trinajstić information content (AvgIpc) is 2.90. The van der Waals surface area contributed by atoms with Crippen LogP contribution < -0.4 is 5.32 Å². The fourth-order valence-electron chi connectivity index (χ4n) is 3.83. The minimum Gasteiger partial charge on any atom is -0.356 e. The first kappa shape index (κ1) is 20.6. The number of aryl methyl sites for hydroxylation is 1. The zero-order valence-electron chi connectivity index (χ0n) is 17.0. The van der Waals surface area contributed by atoms with E-state index in [0.29, 0.717) is 47.8 Å². The molecule has 0 saturated carbocycles. The minimum absolute atomic E-state index is 0.0254. The van der Waals surface area contributed by atoms with Crippen molar-refractivity contribution in [1.29, 1.82) is 0 Å². The van der Waals surface area contributed by atoms with Gasteiger partial charge in [0, 0.05) is 30.6 Å². The summed E-state index contributed by atoms with van der Waals surface area (Å²) in [6, 6.07) is 7.76. The molecule has 2 aliphatic rings. The molecule has 1 N–H and O–H groups in total. The number of nitrogens with one attached hydrogen (secondary N) is 1. The Morgan fingerprint density at radius 3 is 2.36 bits per heavy atom. The second-order valence-corrected chi connectivity index (χ2v) is 9.36. The Morgan fingerprint density at radius 2 is 1.82 bits per heavy atom. The van der Waals surface area contributed by atoms with Crippen LogP contribution in [-0.4, -0.2) is 44.2 Å². The summed E-state index contributed by atoms with van der Waals surface area (Å²) < 4.78 is 29.6. The van der Waals surface area contributed by atoms with Gasteiger partial charge < -0.3 is 10.2 Å². The second kappa shape index (κ2) is 8.07. The van der Waals surface area contributed by atoms with Crippen LogP contribution in [0, 0.1) is 5.92 Å². The molecule has 1 amide bonds. The van der Waals surface area contributed by atoms with E-state index in [2.05, 4.69) is 16.6 Å². The molecule has 0 aliphatic carbocycles. The van der Waals surface area contributed by atoms with Crippen molar-refractivity contribution in [3.8, 4) is 0 Å². The van der Waals surface area contributed by atoms with E-state index < -0.39 is 10.0 Å². The van der Waals surface area contributed by atoms with E-state index in [4.69, 9.17) is 0 Å². The van der Waals surface area contributed by atoms with Crippen LogP contribution in [0.5, 0.6) is 0 Å². The third-order valence-electron chi connectivity index (χ3n) is 5.36. The number of benzene rings is 1. The van der Waals surface area contributed by atoms with Gasteiger partial charge in [-0.3, -0.25) is 4.79 Å². The smallest absolute Gasteiger partial charge is 0.285 e. The van der Waals surface area contributed by atoms with E-state index in [1.807, 2.05) is 49.9 Å². The second-order valence-electron chi connectivity index (χ2n) is 7.82. The standard InChI is InChI=1S/C21H29N3O3S/c1-5-16-6-8-17(9-7-16)19-15(4)20(23-28(19,26)27)24-12-10-18(11-13-24)21(25)22-14(2)3/h6-9,14,18H,5,10-13H2,1-4H3,(H,22,25). The summed E-state index contributed by atoms with van der Waals surface area (Å²) in [4.78, 5) is 14.5. The van der Waals surface area contributed by atoms with E-state index >= 15 is 0 Å². The number of carbonyl (C=O) groups is 1. The summed E-state index contributed by atoms with van der Waals surface area (Å²) >= 11 is 0. The predicted molar refractivity (Wildman–Crippen MR) is 112 cm³/mol. The zero-order chi connectivity index (χ0) is 20.5. The predicted octanol–water partition coefficient (Wildman–Crippen LogP) is 2.96. The highest BCUT2D eigenvalue weighted by Crippen LogP contribution is 2.34. The van der Waals surface area contributed by atoms with Gasteiger partial charge in [-0.15, -0.1) is 4.40 Å². The summed E-state index contributed by atoms with van der Waals surface area (Å²) in [6.45, 7) is 9.05. The van der Waals surface area contributed by atoms with Gasteiger partial charge in [0.15, 0.2) is 0 Å². The summed E-state index contributed by atoms with van der Waals surface area (Å²) in [5, 5.41) is 2.96. The number of carbonyl (C=O) groups excluding carboxylic acids is 1. The van der Waals surface area contributed by atoms with Gasteiger partial charge in [0.25, 0.3) is 10.0 Å². The lowest BCUT2D eigenvalue weighted by Gasteiger charge is -2.33. The molecule has 0 bridgehead atoms. The van der Waals surface area contributed by atoms with Gasteiger partial charge in [0.1, 0.15) is 10.7 Å². The highest BCUT2D eigenvalue weighted by Gasteiger charge is 2.35. The number of sulfonamides is 1. The molecule has 28 heavy (non-hydrogen) atoms. The number of amides is 1. The number of likely N-dealkylation sites (tertiary alicyclic amines) is 1. The third-order valence-corrected chi connectivity index (χ3v) is 6.83. The van der Waals surface area contributed by atoms with Crippen LogP contribution in [0.2, 0.25) is 0 Å². The first-order chi connectivity index (χ1) is 13.2. The van der Waals surface area contributed by atoms with Crippen LogP contribution in [0.25, 0.3) is 4.91 Å². The fourth-order valence-corrected chi connectivity index (χ4v) is 5.31. The van der Waals surface area contributed by atoms with Crippen LogP contribution in [0.4, 0.5) is 0 Å². The molecule has 0 radical (unpaired) electrons. The number of piperidine rings is 1. The lowest BCUT2D eigenvalue weighted by molar-refractivity contribution is -0.126. The fraction of sp³-hybridized carbons (Fsp3) is 0.524. The molecule has 0 aromatic heterocycles. The van der Waals surface area contributed by atoms with E-state index in [1.165, 1.54) is 5.56 Å². The number of hydrogen-bond acceptors (Lipinski definition) is 4. The summed E-state index contributed by atoms with van der Waals surface area (Å²) in [5.74, 6) is 0.583. The molecule has 1 saturated heterocycles. The number of nitrogens with zero attached hydrogens (tertiary/aromatic N) is 2. The first-order valence-corrected chi connectivity index (χ1v) is 11.4. The molecule has 1 aromatic carbocycles. The Balaban J connectivity index is 1.78.